The van der Waals surface area contributed by atoms with Crippen LogP contribution in [0.3, 0.4) is 0 Å². The van der Waals surface area contributed by atoms with Crippen molar-refractivity contribution in [3.05, 3.63) is 70.8 Å². The number of nitrogens with one attached hydrogen (secondary N) is 1. The molecule has 2 heterocycles. The Labute approximate surface area is 207 Å². The highest BCUT2D eigenvalue weighted by atomic mass is 32.1. The van der Waals surface area contributed by atoms with Crippen LogP contribution in [0.5, 0.6) is 0 Å². The van der Waals surface area contributed by atoms with Gasteiger partial charge in [0.05, 0.1) is 11.2 Å². The zero-order chi connectivity index (χ0) is 24.6. The Hall–Kier alpha value is -3.25. The molecular weight excluding hydrogens is 442 g/mol. The molecule has 2 aromatic carbocycles. The van der Waals surface area contributed by atoms with Crippen molar-refractivity contribution in [1.29, 1.82) is 0 Å². The van der Waals surface area contributed by atoms with Crippen molar-refractivity contribution in [3.8, 4) is 0 Å². The Balaban J connectivity index is 1.72. The molecule has 0 bridgehead atoms. The predicted octanol–water partition coefficient (Wildman–Crippen LogP) is 5.49. The topological polar surface area (TPSA) is 52.7 Å². The fourth-order valence-corrected chi connectivity index (χ4v) is 5.04. The summed E-state index contributed by atoms with van der Waals surface area (Å²) in [5.74, 6) is -0.896. The highest BCUT2D eigenvalue weighted by molar-refractivity contribution is 7.80. The minimum absolute atomic E-state index is 0.0660. The number of amides is 2. The molecule has 0 radical (unpaired) electrons. The molecule has 0 spiro atoms. The molecule has 0 aliphatic carbocycles. The van der Waals surface area contributed by atoms with Crippen LogP contribution in [0.25, 0.3) is 11.6 Å². The molecule has 2 aromatic rings. The first-order chi connectivity index (χ1) is 16.2. The Morgan fingerprint density at radius 2 is 1.76 bits per heavy atom. The minimum Gasteiger partial charge on any atom is -0.362 e. The van der Waals surface area contributed by atoms with Gasteiger partial charge in [0.15, 0.2) is 5.11 Å². The van der Waals surface area contributed by atoms with E-state index in [2.05, 4.69) is 63.0 Å². The fraction of sp³-hybridized carbons (Fsp3) is 0.321. The van der Waals surface area contributed by atoms with Gasteiger partial charge in [0.1, 0.15) is 5.57 Å². The van der Waals surface area contributed by atoms with Gasteiger partial charge in [0.2, 0.25) is 0 Å². The van der Waals surface area contributed by atoms with E-state index in [-0.39, 0.29) is 16.2 Å². The standard InChI is InChI=1S/C28H31N3O2S/c1-6-14-30-24-13-10-20(15-22(24)18(3)17-28(30,4)5)16-23-25(32)29-27(34)31(26(23)33)21-11-8-19(7-2)9-12-21/h8-13,15-17H,6-7,14H2,1-5H3,(H,29,32,34)/b23-16-. The van der Waals surface area contributed by atoms with Crippen LogP contribution < -0.4 is 15.1 Å². The second-order valence-corrected chi connectivity index (χ2v) is 9.77. The van der Waals surface area contributed by atoms with Crippen molar-refractivity contribution in [3.63, 3.8) is 0 Å². The molecule has 34 heavy (non-hydrogen) atoms. The molecule has 176 valence electrons. The number of aryl methyl sites for hydroxylation is 1. The van der Waals surface area contributed by atoms with Gasteiger partial charge in [-0.3, -0.25) is 19.8 Å². The molecule has 0 unspecified atom stereocenters. The molecule has 4 rings (SSSR count). The minimum atomic E-state index is -0.477. The molecule has 1 N–H and O–H groups in total. The highest BCUT2D eigenvalue weighted by Gasteiger charge is 2.35. The molecule has 1 fully saturated rings. The largest absolute Gasteiger partial charge is 0.362 e. The molecule has 0 aromatic heterocycles. The summed E-state index contributed by atoms with van der Waals surface area (Å²) in [6.07, 6.45) is 5.88. The Kier molecular flexibility index (Phi) is 6.45. The molecule has 2 aliphatic heterocycles. The third kappa shape index (κ3) is 4.30. The van der Waals surface area contributed by atoms with Gasteiger partial charge in [-0.2, -0.15) is 0 Å². The van der Waals surface area contributed by atoms with Gasteiger partial charge in [-0.05, 0) is 92.9 Å². The summed E-state index contributed by atoms with van der Waals surface area (Å²) in [5.41, 5.74) is 6.07. The van der Waals surface area contributed by atoms with Crippen LogP contribution in [0, 0.1) is 0 Å². The monoisotopic (exact) mass is 473 g/mol. The van der Waals surface area contributed by atoms with E-state index in [1.165, 1.54) is 16.2 Å². The van der Waals surface area contributed by atoms with Crippen LogP contribution in [0.2, 0.25) is 0 Å². The summed E-state index contributed by atoms with van der Waals surface area (Å²) in [5, 5.41) is 2.77. The number of rotatable bonds is 5. The van der Waals surface area contributed by atoms with Crippen LogP contribution in [0.15, 0.2) is 54.1 Å². The highest BCUT2D eigenvalue weighted by Crippen LogP contribution is 2.39. The Morgan fingerprint density at radius 1 is 1.06 bits per heavy atom. The second kappa shape index (κ2) is 9.18. The SMILES string of the molecule is CCCN1c2ccc(/C=C3/C(=O)NC(=S)N(c4ccc(CC)cc4)C3=O)cc2C(C)=CC1(C)C. The van der Waals surface area contributed by atoms with E-state index in [1.54, 1.807) is 6.08 Å². The summed E-state index contributed by atoms with van der Waals surface area (Å²) in [6.45, 7) is 11.8. The van der Waals surface area contributed by atoms with Gasteiger partial charge in [-0.15, -0.1) is 0 Å². The van der Waals surface area contributed by atoms with E-state index in [0.717, 1.165) is 36.1 Å². The molecule has 2 aliphatic rings. The predicted molar refractivity (Wildman–Crippen MR) is 144 cm³/mol. The molecule has 2 amide bonds. The lowest BCUT2D eigenvalue weighted by molar-refractivity contribution is -0.122. The van der Waals surface area contributed by atoms with Crippen LogP contribution in [-0.4, -0.2) is 29.0 Å². The summed E-state index contributed by atoms with van der Waals surface area (Å²) < 4.78 is 0. The average Bonchev–Trinajstić information content (AvgIpc) is 2.79. The molecule has 1 saturated heterocycles. The fourth-order valence-electron chi connectivity index (χ4n) is 4.76. The maximum Gasteiger partial charge on any atom is 0.270 e. The van der Waals surface area contributed by atoms with E-state index in [1.807, 2.05) is 30.3 Å². The van der Waals surface area contributed by atoms with Crippen molar-refractivity contribution >= 4 is 52.2 Å². The van der Waals surface area contributed by atoms with Crippen LogP contribution in [0.4, 0.5) is 11.4 Å². The number of nitrogens with zero attached hydrogens (tertiary/aromatic N) is 2. The van der Waals surface area contributed by atoms with Gasteiger partial charge in [0, 0.05) is 17.8 Å². The summed E-state index contributed by atoms with van der Waals surface area (Å²) in [6, 6.07) is 13.8. The summed E-state index contributed by atoms with van der Waals surface area (Å²) in [7, 11) is 0. The number of thiocarbonyl (C=S) groups is 1. The van der Waals surface area contributed by atoms with Crippen molar-refractivity contribution in [2.45, 2.75) is 53.0 Å². The number of anilines is 2. The number of allylic oxidation sites excluding steroid dienone is 1. The molecule has 5 nitrogen and oxygen atoms in total. The maximum absolute atomic E-state index is 13.4. The van der Waals surface area contributed by atoms with Gasteiger partial charge in [0.25, 0.3) is 11.8 Å². The van der Waals surface area contributed by atoms with Crippen molar-refractivity contribution in [1.82, 2.24) is 5.32 Å². The number of hydrogen-bond donors (Lipinski definition) is 1. The molecule has 6 heteroatoms. The van der Waals surface area contributed by atoms with Crippen LogP contribution in [-0.2, 0) is 16.0 Å². The van der Waals surface area contributed by atoms with E-state index in [0.29, 0.717) is 5.69 Å². The Bertz CT molecular complexity index is 1220. The average molecular weight is 474 g/mol. The molecular formula is C28H31N3O2S. The number of carbonyl (C=O) groups is 2. The molecule has 0 saturated carbocycles. The summed E-state index contributed by atoms with van der Waals surface area (Å²) in [4.78, 5) is 29.9. The van der Waals surface area contributed by atoms with E-state index in [4.69, 9.17) is 12.2 Å². The first-order valence-electron chi connectivity index (χ1n) is 11.8. The first-order valence-corrected chi connectivity index (χ1v) is 12.2. The lowest BCUT2D eigenvalue weighted by Gasteiger charge is -2.43. The van der Waals surface area contributed by atoms with Crippen molar-refractivity contribution in [2.75, 3.05) is 16.3 Å². The number of carbonyl (C=O) groups excluding carboxylic acids is 2. The zero-order valence-electron chi connectivity index (χ0n) is 20.4. The van der Waals surface area contributed by atoms with Crippen molar-refractivity contribution in [2.24, 2.45) is 0 Å². The lowest BCUT2D eigenvalue weighted by atomic mass is 9.87. The third-order valence-corrected chi connectivity index (χ3v) is 6.75. The second-order valence-electron chi connectivity index (χ2n) is 9.39. The van der Waals surface area contributed by atoms with E-state index in [9.17, 15) is 9.59 Å². The van der Waals surface area contributed by atoms with E-state index >= 15 is 0 Å². The van der Waals surface area contributed by atoms with Crippen LogP contribution in [0.1, 0.15) is 57.7 Å². The van der Waals surface area contributed by atoms with Gasteiger partial charge < -0.3 is 4.90 Å². The smallest absolute Gasteiger partial charge is 0.270 e. The third-order valence-electron chi connectivity index (χ3n) is 6.46. The lowest BCUT2D eigenvalue weighted by Crippen LogP contribution is -2.54. The normalized spacial score (nSPS) is 18.7. The molecule has 0 atom stereocenters. The zero-order valence-corrected chi connectivity index (χ0v) is 21.3. The first kappa shape index (κ1) is 23.9. The van der Waals surface area contributed by atoms with Crippen LogP contribution >= 0.6 is 12.2 Å². The quantitative estimate of drug-likeness (QED) is 0.354. The Morgan fingerprint density at radius 3 is 2.41 bits per heavy atom. The van der Waals surface area contributed by atoms with Gasteiger partial charge in [-0.1, -0.05) is 38.1 Å². The van der Waals surface area contributed by atoms with Gasteiger partial charge >= 0.3 is 0 Å². The number of fused-ring (bicyclic) bond motifs is 1. The van der Waals surface area contributed by atoms with Crippen molar-refractivity contribution < 1.29 is 9.59 Å². The maximum atomic E-state index is 13.4. The van der Waals surface area contributed by atoms with Gasteiger partial charge in [-0.25, -0.2) is 0 Å². The van der Waals surface area contributed by atoms with E-state index < -0.39 is 11.8 Å². The summed E-state index contributed by atoms with van der Waals surface area (Å²) >= 11 is 5.33. The number of benzene rings is 2. The number of hydrogen-bond acceptors (Lipinski definition) is 4.